The van der Waals surface area contributed by atoms with Crippen LogP contribution < -0.4 is 0 Å². The summed E-state index contributed by atoms with van der Waals surface area (Å²) in [5.74, 6) is -0.276. The summed E-state index contributed by atoms with van der Waals surface area (Å²) in [5, 5.41) is 0. The average Bonchev–Trinajstić information content (AvgIpc) is 3.04. The zero-order valence-corrected chi connectivity index (χ0v) is 16.2. The van der Waals surface area contributed by atoms with Crippen molar-refractivity contribution < 1.29 is 9.53 Å². The van der Waals surface area contributed by atoms with Gasteiger partial charge in [-0.2, -0.15) is 0 Å². The monoisotopic (exact) mass is 369 g/mol. The molecule has 0 aliphatic carbocycles. The van der Waals surface area contributed by atoms with E-state index in [4.69, 9.17) is 4.74 Å². The summed E-state index contributed by atoms with van der Waals surface area (Å²) >= 11 is 0. The summed E-state index contributed by atoms with van der Waals surface area (Å²) in [6, 6.07) is 22.8. The molecule has 3 nitrogen and oxygen atoms in total. The number of benzene rings is 2. The van der Waals surface area contributed by atoms with Gasteiger partial charge in [0.15, 0.2) is 0 Å². The minimum absolute atomic E-state index is 0.276. The van der Waals surface area contributed by atoms with Crippen LogP contribution in [0.25, 0.3) is 16.6 Å². The topological polar surface area (TPSA) is 30.7 Å². The predicted molar refractivity (Wildman–Crippen MR) is 113 cm³/mol. The van der Waals surface area contributed by atoms with Crippen LogP contribution in [0.5, 0.6) is 0 Å². The summed E-state index contributed by atoms with van der Waals surface area (Å²) in [7, 11) is 0. The molecule has 2 heterocycles. The Kier molecular flexibility index (Phi) is 4.98. The molecule has 4 rings (SSSR count). The van der Waals surface area contributed by atoms with Gasteiger partial charge in [-0.3, -0.25) is 0 Å². The van der Waals surface area contributed by atoms with E-state index < -0.39 is 0 Å². The molecule has 3 heteroatoms. The molecular formula is C25H23NO2. The standard InChI is InChI=1S/C25H23NO2/c1-3-28-25(27)22-13-14-26-17-18(2)23(24(26)16-22)15-19-9-11-21(12-10-19)20-7-5-4-6-8-20/h4-14,16-17H,3,15H2,1-2H3. The highest BCUT2D eigenvalue weighted by molar-refractivity contribution is 5.91. The lowest BCUT2D eigenvalue weighted by atomic mass is 9.99. The largest absolute Gasteiger partial charge is 0.462 e. The molecule has 0 bridgehead atoms. The maximum atomic E-state index is 12.1. The van der Waals surface area contributed by atoms with Crippen LogP contribution in [0.15, 0.2) is 79.1 Å². The summed E-state index contributed by atoms with van der Waals surface area (Å²) in [5.41, 5.74) is 7.78. The van der Waals surface area contributed by atoms with Crippen molar-refractivity contribution in [3.05, 3.63) is 101 Å². The summed E-state index contributed by atoms with van der Waals surface area (Å²) in [6.45, 7) is 4.32. The molecule has 0 aliphatic rings. The third kappa shape index (κ3) is 3.56. The summed E-state index contributed by atoms with van der Waals surface area (Å²) in [6.07, 6.45) is 4.86. The third-order valence-corrected chi connectivity index (χ3v) is 5.06. The Hall–Kier alpha value is -3.33. The third-order valence-electron chi connectivity index (χ3n) is 5.06. The Morgan fingerprint density at radius 3 is 2.39 bits per heavy atom. The minimum atomic E-state index is -0.276. The molecule has 0 unspecified atom stereocenters. The number of rotatable bonds is 5. The number of carbonyl (C=O) groups excluding carboxylic acids is 1. The molecule has 0 radical (unpaired) electrons. The molecule has 0 saturated carbocycles. The first-order valence-electron chi connectivity index (χ1n) is 9.57. The van der Waals surface area contributed by atoms with Gasteiger partial charge >= 0.3 is 5.97 Å². The lowest BCUT2D eigenvalue weighted by molar-refractivity contribution is 0.0526. The maximum Gasteiger partial charge on any atom is 0.338 e. The Bertz CT molecular complexity index is 1110. The number of ether oxygens (including phenoxy) is 1. The van der Waals surface area contributed by atoms with Crippen molar-refractivity contribution in [2.45, 2.75) is 20.3 Å². The molecule has 0 spiro atoms. The number of aryl methyl sites for hydroxylation is 1. The van der Waals surface area contributed by atoms with Crippen molar-refractivity contribution in [2.24, 2.45) is 0 Å². The number of hydrogen-bond donors (Lipinski definition) is 0. The number of aromatic nitrogens is 1. The second kappa shape index (κ2) is 7.73. The first kappa shape index (κ1) is 18.1. The smallest absolute Gasteiger partial charge is 0.338 e. The van der Waals surface area contributed by atoms with Crippen LogP contribution in [0.3, 0.4) is 0 Å². The highest BCUT2D eigenvalue weighted by Crippen LogP contribution is 2.25. The van der Waals surface area contributed by atoms with Crippen molar-refractivity contribution >= 4 is 11.5 Å². The van der Waals surface area contributed by atoms with Crippen LogP contribution in [0, 0.1) is 6.92 Å². The molecule has 0 atom stereocenters. The van der Waals surface area contributed by atoms with Gasteiger partial charge in [0.05, 0.1) is 12.2 Å². The second-order valence-electron chi connectivity index (χ2n) is 6.96. The van der Waals surface area contributed by atoms with E-state index >= 15 is 0 Å². The molecule has 0 N–H and O–H groups in total. The van der Waals surface area contributed by atoms with Gasteiger partial charge in [0, 0.05) is 17.9 Å². The van der Waals surface area contributed by atoms with E-state index in [-0.39, 0.29) is 5.97 Å². The van der Waals surface area contributed by atoms with Crippen molar-refractivity contribution in [3.8, 4) is 11.1 Å². The van der Waals surface area contributed by atoms with Gasteiger partial charge in [0.1, 0.15) is 0 Å². The highest BCUT2D eigenvalue weighted by Gasteiger charge is 2.13. The first-order valence-corrected chi connectivity index (χ1v) is 9.57. The molecule has 2 aromatic heterocycles. The van der Waals surface area contributed by atoms with E-state index in [1.54, 1.807) is 0 Å². The van der Waals surface area contributed by atoms with Crippen LogP contribution in [0.4, 0.5) is 0 Å². The maximum absolute atomic E-state index is 12.1. The molecule has 0 amide bonds. The quantitative estimate of drug-likeness (QED) is 0.424. The van der Waals surface area contributed by atoms with Crippen molar-refractivity contribution in [1.82, 2.24) is 4.40 Å². The number of esters is 1. The molecule has 0 saturated heterocycles. The van der Waals surface area contributed by atoms with Gasteiger partial charge in [-0.25, -0.2) is 4.79 Å². The van der Waals surface area contributed by atoms with E-state index in [1.165, 1.54) is 27.8 Å². The minimum Gasteiger partial charge on any atom is -0.462 e. The van der Waals surface area contributed by atoms with Crippen LogP contribution in [-0.4, -0.2) is 17.0 Å². The van der Waals surface area contributed by atoms with Crippen molar-refractivity contribution in [1.29, 1.82) is 0 Å². The van der Waals surface area contributed by atoms with Crippen molar-refractivity contribution in [2.75, 3.05) is 6.61 Å². The zero-order valence-electron chi connectivity index (χ0n) is 16.2. The Morgan fingerprint density at radius 2 is 1.68 bits per heavy atom. The first-order chi connectivity index (χ1) is 13.7. The second-order valence-corrected chi connectivity index (χ2v) is 6.96. The lowest BCUT2D eigenvalue weighted by Crippen LogP contribution is -2.05. The van der Waals surface area contributed by atoms with Gasteiger partial charge in [-0.15, -0.1) is 0 Å². The summed E-state index contributed by atoms with van der Waals surface area (Å²) < 4.78 is 7.22. The van der Waals surface area contributed by atoms with Gasteiger partial charge < -0.3 is 9.14 Å². The van der Waals surface area contributed by atoms with Gasteiger partial charge in [-0.05, 0) is 60.2 Å². The van der Waals surface area contributed by atoms with Crippen LogP contribution in [0.1, 0.15) is 34.0 Å². The average molecular weight is 369 g/mol. The molecule has 0 aliphatic heterocycles. The molecular weight excluding hydrogens is 346 g/mol. The number of hydrogen-bond acceptors (Lipinski definition) is 2. The van der Waals surface area contributed by atoms with Gasteiger partial charge in [-0.1, -0.05) is 54.6 Å². The fraction of sp³-hybridized carbons (Fsp3) is 0.160. The predicted octanol–water partition coefficient (Wildman–Crippen LogP) is 5.68. The molecule has 0 fully saturated rings. The van der Waals surface area contributed by atoms with Gasteiger partial charge in [0.25, 0.3) is 0 Å². The molecule has 140 valence electrons. The normalized spacial score (nSPS) is 10.9. The lowest BCUT2D eigenvalue weighted by Gasteiger charge is -2.07. The van der Waals surface area contributed by atoms with E-state index in [0.29, 0.717) is 12.2 Å². The van der Waals surface area contributed by atoms with E-state index in [2.05, 4.69) is 66.1 Å². The van der Waals surface area contributed by atoms with Crippen LogP contribution in [-0.2, 0) is 11.2 Å². The molecule has 28 heavy (non-hydrogen) atoms. The highest BCUT2D eigenvalue weighted by atomic mass is 16.5. The fourth-order valence-electron chi connectivity index (χ4n) is 3.58. The molecule has 2 aromatic carbocycles. The fourth-order valence-corrected chi connectivity index (χ4v) is 3.58. The van der Waals surface area contributed by atoms with E-state index in [1.807, 2.05) is 31.3 Å². The van der Waals surface area contributed by atoms with Crippen LogP contribution >= 0.6 is 0 Å². The number of carbonyl (C=O) groups is 1. The van der Waals surface area contributed by atoms with E-state index in [0.717, 1.165) is 11.9 Å². The molecule has 4 aromatic rings. The zero-order chi connectivity index (χ0) is 19.5. The summed E-state index contributed by atoms with van der Waals surface area (Å²) in [4.78, 5) is 12.1. The Balaban J connectivity index is 1.64. The Labute approximate surface area is 165 Å². The number of pyridine rings is 1. The van der Waals surface area contributed by atoms with Crippen LogP contribution in [0.2, 0.25) is 0 Å². The van der Waals surface area contributed by atoms with E-state index in [9.17, 15) is 4.79 Å². The number of nitrogens with zero attached hydrogens (tertiary/aromatic N) is 1. The van der Waals surface area contributed by atoms with Gasteiger partial charge in [0.2, 0.25) is 0 Å². The number of fused-ring (bicyclic) bond motifs is 1. The SMILES string of the molecule is CCOC(=O)c1ccn2cc(C)c(Cc3ccc(-c4ccccc4)cc3)c2c1. The Morgan fingerprint density at radius 1 is 0.964 bits per heavy atom. The van der Waals surface area contributed by atoms with Crippen molar-refractivity contribution in [3.63, 3.8) is 0 Å².